The van der Waals surface area contributed by atoms with Gasteiger partial charge in [0.2, 0.25) is 5.91 Å². The fourth-order valence-electron chi connectivity index (χ4n) is 4.69. The lowest BCUT2D eigenvalue weighted by Gasteiger charge is -2.25. The third-order valence-electron chi connectivity index (χ3n) is 6.62. The van der Waals surface area contributed by atoms with Crippen LogP contribution in [0.5, 0.6) is 0 Å². The molecule has 1 aliphatic carbocycles. The molecule has 0 saturated heterocycles. The largest absolute Gasteiger partial charge is 0.353 e. The predicted octanol–water partition coefficient (Wildman–Crippen LogP) is 4.37. The maximum Gasteiger partial charge on any atom is 0.253 e. The van der Waals surface area contributed by atoms with E-state index in [1.165, 1.54) is 5.56 Å². The van der Waals surface area contributed by atoms with Gasteiger partial charge in [-0.25, -0.2) is 0 Å². The minimum absolute atomic E-state index is 0.0316. The smallest absolute Gasteiger partial charge is 0.253 e. The van der Waals surface area contributed by atoms with Gasteiger partial charge >= 0.3 is 0 Å². The molecule has 6 heteroatoms. The van der Waals surface area contributed by atoms with Gasteiger partial charge in [-0.2, -0.15) is 5.10 Å². The quantitative estimate of drug-likeness (QED) is 0.646. The highest BCUT2D eigenvalue weighted by Gasteiger charge is 2.31. The molecule has 1 saturated carbocycles. The van der Waals surface area contributed by atoms with Gasteiger partial charge in [-0.05, 0) is 73.6 Å². The molecule has 2 atom stereocenters. The van der Waals surface area contributed by atoms with Gasteiger partial charge in [-0.15, -0.1) is 0 Å². The summed E-state index contributed by atoms with van der Waals surface area (Å²) in [7, 11) is 1.87. The topological polar surface area (TPSA) is 78.1 Å². The van der Waals surface area contributed by atoms with Crippen LogP contribution in [0, 0.1) is 13.8 Å². The van der Waals surface area contributed by atoms with E-state index in [0.29, 0.717) is 12.0 Å². The average Bonchev–Trinajstić information content (AvgIpc) is 3.43. The zero-order valence-corrected chi connectivity index (χ0v) is 18.7. The van der Waals surface area contributed by atoms with Gasteiger partial charge < -0.3 is 10.2 Å². The normalized spacial score (nSPS) is 18.3. The summed E-state index contributed by atoms with van der Waals surface area (Å²) >= 11 is 0. The van der Waals surface area contributed by atoms with Crippen LogP contribution < -0.4 is 5.32 Å². The number of rotatable bonds is 5. The van der Waals surface area contributed by atoms with Crippen LogP contribution in [-0.2, 0) is 4.79 Å². The number of aryl methyl sites for hydroxylation is 2. The molecule has 0 aliphatic heterocycles. The molecule has 1 fully saturated rings. The molecular weight excluding hydrogens is 388 g/mol. The molecule has 6 nitrogen and oxygen atoms in total. The van der Waals surface area contributed by atoms with Crippen LogP contribution in [0.1, 0.15) is 54.1 Å². The Balaban J connectivity index is 1.51. The predicted molar refractivity (Wildman–Crippen MR) is 123 cm³/mol. The number of H-pyrrole nitrogens is 1. The molecule has 0 unspecified atom stereocenters. The van der Waals surface area contributed by atoms with E-state index in [-0.39, 0.29) is 23.9 Å². The first-order valence-corrected chi connectivity index (χ1v) is 11.0. The number of carbonyl (C=O) groups is 2. The Kier molecular flexibility index (Phi) is 5.81. The second kappa shape index (κ2) is 8.53. The molecule has 2 amide bonds. The molecule has 2 aromatic carbocycles. The van der Waals surface area contributed by atoms with Gasteiger partial charge in [0.05, 0.1) is 11.7 Å². The van der Waals surface area contributed by atoms with Crippen molar-refractivity contribution in [2.75, 3.05) is 7.05 Å². The number of amides is 2. The first-order chi connectivity index (χ1) is 14.9. The highest BCUT2D eigenvalue weighted by Crippen LogP contribution is 2.32. The van der Waals surface area contributed by atoms with Crippen LogP contribution >= 0.6 is 0 Å². The summed E-state index contributed by atoms with van der Waals surface area (Å²) in [6.45, 7) is 6.02. The molecule has 31 heavy (non-hydrogen) atoms. The molecule has 162 valence electrons. The highest BCUT2D eigenvalue weighted by molar-refractivity contribution is 5.96. The van der Waals surface area contributed by atoms with Crippen LogP contribution in [0.25, 0.3) is 22.0 Å². The summed E-state index contributed by atoms with van der Waals surface area (Å²) in [6, 6.07) is 10.4. The minimum atomic E-state index is 0.0316. The van der Waals surface area contributed by atoms with Crippen LogP contribution in [0.4, 0.5) is 0 Å². The number of carbonyl (C=O) groups excluding carboxylic acids is 2. The fourth-order valence-corrected chi connectivity index (χ4v) is 4.69. The Hall–Kier alpha value is -3.15. The molecule has 4 rings (SSSR count). The first-order valence-electron chi connectivity index (χ1n) is 11.0. The summed E-state index contributed by atoms with van der Waals surface area (Å²) in [5.74, 6) is 0.110. The average molecular weight is 419 g/mol. The number of hydrogen-bond donors (Lipinski definition) is 2. The molecule has 1 aromatic heterocycles. The van der Waals surface area contributed by atoms with E-state index in [1.807, 2.05) is 49.3 Å². The van der Waals surface area contributed by atoms with E-state index >= 15 is 0 Å². The summed E-state index contributed by atoms with van der Waals surface area (Å²) < 4.78 is 0. The standard InChI is InChI=1S/C25H30N4O2/c1-5-24(30)27-18-7-8-19(13-18)29(4)25(31)17-6-9-20(15(2)12-17)21-10-11-23-22(16(21)3)14-26-28-23/h6,9-12,14,18-19H,5,7-8,13H2,1-4H3,(H,26,28)(H,27,30)/t18-,19+/m0/s1. The van der Waals surface area contributed by atoms with Crippen LogP contribution in [0.15, 0.2) is 36.5 Å². The summed E-state index contributed by atoms with van der Waals surface area (Å²) in [4.78, 5) is 26.7. The number of nitrogens with one attached hydrogen (secondary N) is 2. The van der Waals surface area contributed by atoms with Crippen molar-refractivity contribution in [1.82, 2.24) is 20.4 Å². The lowest BCUT2D eigenvalue weighted by atomic mass is 9.93. The van der Waals surface area contributed by atoms with E-state index in [1.54, 1.807) is 0 Å². The lowest BCUT2D eigenvalue weighted by molar-refractivity contribution is -0.121. The van der Waals surface area contributed by atoms with Gasteiger partial charge in [0.1, 0.15) is 0 Å². The second-order valence-electron chi connectivity index (χ2n) is 8.60. The number of aromatic nitrogens is 2. The van der Waals surface area contributed by atoms with Crippen molar-refractivity contribution in [3.8, 4) is 11.1 Å². The minimum Gasteiger partial charge on any atom is -0.353 e. The van der Waals surface area contributed by atoms with Crippen molar-refractivity contribution in [2.24, 2.45) is 0 Å². The van der Waals surface area contributed by atoms with Gasteiger partial charge in [-0.3, -0.25) is 14.7 Å². The number of hydrogen-bond acceptors (Lipinski definition) is 3. The van der Waals surface area contributed by atoms with Crippen molar-refractivity contribution >= 4 is 22.7 Å². The number of aromatic amines is 1. The lowest BCUT2D eigenvalue weighted by Crippen LogP contribution is -2.38. The van der Waals surface area contributed by atoms with E-state index in [9.17, 15) is 9.59 Å². The second-order valence-corrected chi connectivity index (χ2v) is 8.60. The zero-order valence-electron chi connectivity index (χ0n) is 18.7. The summed E-state index contributed by atoms with van der Waals surface area (Å²) in [6.07, 6.45) is 5.00. The molecule has 3 aromatic rings. The van der Waals surface area contributed by atoms with Crippen molar-refractivity contribution in [3.05, 3.63) is 53.2 Å². The third kappa shape index (κ3) is 4.07. The first kappa shape index (κ1) is 21.1. The number of fused-ring (bicyclic) bond motifs is 1. The SMILES string of the molecule is CCC(=O)N[C@H]1CC[C@@H](N(C)C(=O)c2ccc(-c3ccc4[nH]ncc4c3C)c(C)c2)C1. The molecular formula is C25H30N4O2. The van der Waals surface area contributed by atoms with Crippen LogP contribution in [-0.4, -0.2) is 46.0 Å². The molecule has 1 aliphatic rings. The van der Waals surface area contributed by atoms with E-state index < -0.39 is 0 Å². The maximum atomic E-state index is 13.1. The zero-order chi connectivity index (χ0) is 22.1. The Morgan fingerprint density at radius 3 is 2.68 bits per heavy atom. The summed E-state index contributed by atoms with van der Waals surface area (Å²) in [5.41, 5.74) is 6.26. The Bertz CT molecular complexity index is 1130. The van der Waals surface area contributed by atoms with Crippen molar-refractivity contribution in [3.63, 3.8) is 0 Å². The molecule has 2 N–H and O–H groups in total. The Morgan fingerprint density at radius 1 is 1.16 bits per heavy atom. The molecule has 0 bridgehead atoms. The van der Waals surface area contributed by atoms with Gasteiger partial charge in [0.15, 0.2) is 0 Å². The van der Waals surface area contributed by atoms with Crippen molar-refractivity contribution in [1.29, 1.82) is 0 Å². The van der Waals surface area contributed by atoms with E-state index in [0.717, 1.165) is 46.9 Å². The monoisotopic (exact) mass is 418 g/mol. The number of nitrogens with zero attached hydrogens (tertiary/aromatic N) is 2. The number of benzene rings is 2. The molecule has 1 heterocycles. The van der Waals surface area contributed by atoms with Crippen molar-refractivity contribution < 1.29 is 9.59 Å². The van der Waals surface area contributed by atoms with E-state index in [4.69, 9.17) is 0 Å². The summed E-state index contributed by atoms with van der Waals surface area (Å²) in [5, 5.41) is 11.3. The Morgan fingerprint density at radius 2 is 1.94 bits per heavy atom. The van der Waals surface area contributed by atoms with Gasteiger partial charge in [0, 0.05) is 36.5 Å². The van der Waals surface area contributed by atoms with Crippen LogP contribution in [0.3, 0.4) is 0 Å². The third-order valence-corrected chi connectivity index (χ3v) is 6.62. The van der Waals surface area contributed by atoms with Crippen molar-refractivity contribution in [2.45, 2.75) is 58.5 Å². The van der Waals surface area contributed by atoms with Gasteiger partial charge in [-0.1, -0.05) is 19.1 Å². The highest BCUT2D eigenvalue weighted by atomic mass is 16.2. The van der Waals surface area contributed by atoms with Gasteiger partial charge in [0.25, 0.3) is 5.91 Å². The fraction of sp³-hybridized carbons (Fsp3) is 0.400. The van der Waals surface area contributed by atoms with Crippen LogP contribution in [0.2, 0.25) is 0 Å². The Labute approximate surface area is 183 Å². The maximum absolute atomic E-state index is 13.1. The molecule has 0 spiro atoms. The van der Waals surface area contributed by atoms with E-state index in [2.05, 4.69) is 35.4 Å². The molecule has 0 radical (unpaired) electrons.